The summed E-state index contributed by atoms with van der Waals surface area (Å²) in [6, 6.07) is 15.9. The molecule has 0 bridgehead atoms. The molecule has 0 aliphatic carbocycles. The molecule has 108 valence electrons. The summed E-state index contributed by atoms with van der Waals surface area (Å²) in [6.45, 7) is 4.12. The molecule has 3 rings (SSSR count). The van der Waals surface area contributed by atoms with Crippen molar-refractivity contribution in [2.24, 2.45) is 0 Å². The molecule has 0 amide bonds. The third-order valence-electron chi connectivity index (χ3n) is 3.76. The molecule has 1 N–H and O–H groups in total. The van der Waals surface area contributed by atoms with Crippen molar-refractivity contribution in [3.05, 3.63) is 65.5 Å². The van der Waals surface area contributed by atoms with E-state index in [1.807, 2.05) is 49.4 Å². The average molecular weight is 288 g/mol. The molecule has 0 aliphatic rings. The Hall–Kier alpha value is -2.93. The summed E-state index contributed by atoms with van der Waals surface area (Å²) in [7, 11) is 0. The molecule has 0 saturated heterocycles. The van der Waals surface area contributed by atoms with Gasteiger partial charge in [0.05, 0.1) is 17.1 Å². The van der Waals surface area contributed by atoms with Crippen molar-refractivity contribution >= 4 is 16.7 Å². The Balaban J connectivity index is 1.92. The van der Waals surface area contributed by atoms with Gasteiger partial charge in [-0.3, -0.25) is 0 Å². The van der Waals surface area contributed by atoms with Gasteiger partial charge in [0, 0.05) is 11.4 Å². The van der Waals surface area contributed by atoms with E-state index in [4.69, 9.17) is 5.26 Å². The van der Waals surface area contributed by atoms with Crippen LogP contribution in [0.2, 0.25) is 0 Å². The van der Waals surface area contributed by atoms with Crippen LogP contribution in [0.5, 0.6) is 0 Å². The largest absolute Gasteiger partial charge is 0.363 e. The summed E-state index contributed by atoms with van der Waals surface area (Å²) < 4.78 is 0. The molecule has 2 aromatic carbocycles. The SMILES string of the molecule is Cc1cccc2c(NC(C)c3ccc(C#N)cc3)ncnc12. The van der Waals surface area contributed by atoms with Crippen molar-refractivity contribution in [1.29, 1.82) is 5.26 Å². The Bertz CT molecular complexity index is 847. The molecule has 1 unspecified atom stereocenters. The second-order valence-electron chi connectivity index (χ2n) is 5.29. The van der Waals surface area contributed by atoms with E-state index in [-0.39, 0.29) is 6.04 Å². The van der Waals surface area contributed by atoms with Gasteiger partial charge in [0.2, 0.25) is 0 Å². The Morgan fingerprint density at radius 3 is 2.59 bits per heavy atom. The number of nitriles is 1. The van der Waals surface area contributed by atoms with Gasteiger partial charge in [-0.25, -0.2) is 9.97 Å². The number of aryl methyl sites for hydroxylation is 1. The number of aromatic nitrogens is 2. The summed E-state index contributed by atoms with van der Waals surface area (Å²) in [5.74, 6) is 0.825. The minimum absolute atomic E-state index is 0.0892. The number of benzene rings is 2. The van der Waals surface area contributed by atoms with Crippen LogP contribution in [0.4, 0.5) is 5.82 Å². The molecule has 0 saturated carbocycles. The molecule has 4 heteroatoms. The van der Waals surface area contributed by atoms with Crippen molar-refractivity contribution in [3.63, 3.8) is 0 Å². The van der Waals surface area contributed by atoms with E-state index >= 15 is 0 Å². The Morgan fingerprint density at radius 1 is 1.09 bits per heavy atom. The fraction of sp³-hybridized carbons (Fsp3) is 0.167. The van der Waals surface area contributed by atoms with Crippen LogP contribution >= 0.6 is 0 Å². The molecular formula is C18H16N4. The summed E-state index contributed by atoms with van der Waals surface area (Å²) in [6.07, 6.45) is 1.59. The second-order valence-corrected chi connectivity index (χ2v) is 5.29. The maximum atomic E-state index is 8.86. The molecule has 0 radical (unpaired) electrons. The van der Waals surface area contributed by atoms with Gasteiger partial charge in [-0.05, 0) is 43.2 Å². The summed E-state index contributed by atoms with van der Waals surface area (Å²) in [5, 5.41) is 13.3. The maximum absolute atomic E-state index is 8.86. The Kier molecular flexibility index (Phi) is 3.71. The maximum Gasteiger partial charge on any atom is 0.137 e. The van der Waals surface area contributed by atoms with Crippen LogP contribution in [0.3, 0.4) is 0 Å². The smallest absolute Gasteiger partial charge is 0.137 e. The van der Waals surface area contributed by atoms with Gasteiger partial charge in [0.15, 0.2) is 0 Å². The topological polar surface area (TPSA) is 61.6 Å². The number of anilines is 1. The number of nitrogens with one attached hydrogen (secondary N) is 1. The van der Waals surface area contributed by atoms with Gasteiger partial charge >= 0.3 is 0 Å². The number of hydrogen-bond donors (Lipinski definition) is 1. The zero-order valence-corrected chi connectivity index (χ0v) is 12.5. The van der Waals surface area contributed by atoms with E-state index < -0.39 is 0 Å². The highest BCUT2D eigenvalue weighted by Gasteiger charge is 2.10. The number of hydrogen-bond acceptors (Lipinski definition) is 4. The first-order valence-corrected chi connectivity index (χ1v) is 7.16. The van der Waals surface area contributed by atoms with Gasteiger partial charge in [-0.1, -0.05) is 24.3 Å². The van der Waals surface area contributed by atoms with Gasteiger partial charge < -0.3 is 5.32 Å². The van der Waals surface area contributed by atoms with E-state index in [0.717, 1.165) is 27.8 Å². The summed E-state index contributed by atoms with van der Waals surface area (Å²) in [4.78, 5) is 8.73. The number of nitrogens with zero attached hydrogens (tertiary/aromatic N) is 3. The fourth-order valence-electron chi connectivity index (χ4n) is 2.49. The van der Waals surface area contributed by atoms with Crippen molar-refractivity contribution < 1.29 is 0 Å². The Morgan fingerprint density at radius 2 is 1.86 bits per heavy atom. The molecular weight excluding hydrogens is 272 g/mol. The van der Waals surface area contributed by atoms with Crippen LogP contribution < -0.4 is 5.32 Å². The summed E-state index contributed by atoms with van der Waals surface area (Å²) in [5.41, 5.74) is 3.87. The third kappa shape index (κ3) is 2.61. The van der Waals surface area contributed by atoms with Crippen molar-refractivity contribution in [3.8, 4) is 6.07 Å². The highest BCUT2D eigenvalue weighted by molar-refractivity contribution is 5.90. The normalized spacial score (nSPS) is 11.9. The first-order chi connectivity index (χ1) is 10.7. The van der Waals surface area contributed by atoms with Crippen molar-refractivity contribution in [2.75, 3.05) is 5.32 Å². The van der Waals surface area contributed by atoms with Crippen LogP contribution in [0.15, 0.2) is 48.8 Å². The number of para-hydroxylation sites is 1. The lowest BCUT2D eigenvalue weighted by Gasteiger charge is -2.16. The quantitative estimate of drug-likeness (QED) is 0.791. The van der Waals surface area contributed by atoms with E-state index in [1.165, 1.54) is 0 Å². The van der Waals surface area contributed by atoms with Gasteiger partial charge in [0.25, 0.3) is 0 Å². The van der Waals surface area contributed by atoms with Crippen LogP contribution in [-0.2, 0) is 0 Å². The van der Waals surface area contributed by atoms with E-state index in [0.29, 0.717) is 5.56 Å². The monoisotopic (exact) mass is 288 g/mol. The highest BCUT2D eigenvalue weighted by Crippen LogP contribution is 2.25. The molecule has 0 fully saturated rings. The molecule has 3 aromatic rings. The van der Waals surface area contributed by atoms with E-state index in [1.54, 1.807) is 6.33 Å². The summed E-state index contributed by atoms with van der Waals surface area (Å²) >= 11 is 0. The first kappa shape index (κ1) is 14.0. The van der Waals surface area contributed by atoms with Crippen LogP contribution in [-0.4, -0.2) is 9.97 Å². The highest BCUT2D eigenvalue weighted by atomic mass is 15.0. The number of fused-ring (bicyclic) bond motifs is 1. The lowest BCUT2D eigenvalue weighted by molar-refractivity contribution is 0.875. The van der Waals surface area contributed by atoms with Gasteiger partial charge in [-0.2, -0.15) is 5.26 Å². The predicted octanol–water partition coefficient (Wildman–Crippen LogP) is 3.98. The Labute approximate surface area is 129 Å². The molecule has 1 heterocycles. The van der Waals surface area contributed by atoms with Gasteiger partial charge in [0.1, 0.15) is 12.1 Å². The minimum atomic E-state index is 0.0892. The van der Waals surface area contributed by atoms with Gasteiger partial charge in [-0.15, -0.1) is 0 Å². The second kappa shape index (κ2) is 5.82. The molecule has 1 atom stereocenters. The molecule has 22 heavy (non-hydrogen) atoms. The van der Waals surface area contributed by atoms with Crippen molar-refractivity contribution in [1.82, 2.24) is 9.97 Å². The molecule has 1 aromatic heterocycles. The average Bonchev–Trinajstić information content (AvgIpc) is 2.56. The van der Waals surface area contributed by atoms with Crippen LogP contribution in [0.25, 0.3) is 10.9 Å². The molecule has 0 aliphatic heterocycles. The van der Waals surface area contributed by atoms with Crippen LogP contribution in [0.1, 0.15) is 29.7 Å². The molecule has 0 spiro atoms. The predicted molar refractivity (Wildman–Crippen MR) is 87.5 cm³/mol. The zero-order valence-electron chi connectivity index (χ0n) is 12.5. The minimum Gasteiger partial charge on any atom is -0.363 e. The van der Waals surface area contributed by atoms with E-state index in [2.05, 4.69) is 28.3 Å². The molecule has 4 nitrogen and oxygen atoms in total. The van der Waals surface area contributed by atoms with Crippen molar-refractivity contribution in [2.45, 2.75) is 19.9 Å². The third-order valence-corrected chi connectivity index (χ3v) is 3.76. The standard InChI is InChI=1S/C18H16N4/c1-12-4-3-5-16-17(12)20-11-21-18(16)22-13(2)15-8-6-14(10-19)7-9-15/h3-9,11,13H,1-2H3,(H,20,21,22). The lowest BCUT2D eigenvalue weighted by atomic mass is 10.1. The zero-order chi connectivity index (χ0) is 15.5. The first-order valence-electron chi connectivity index (χ1n) is 7.16. The van der Waals surface area contributed by atoms with Crippen LogP contribution in [0, 0.1) is 18.3 Å². The lowest BCUT2D eigenvalue weighted by Crippen LogP contribution is -2.08. The fourth-order valence-corrected chi connectivity index (χ4v) is 2.49. The van der Waals surface area contributed by atoms with E-state index in [9.17, 15) is 0 Å². The number of rotatable bonds is 3.